The largest absolute Gasteiger partial charge is 0.469 e. The predicted octanol–water partition coefficient (Wildman–Crippen LogP) is 0.776. The summed E-state index contributed by atoms with van der Waals surface area (Å²) in [6.07, 6.45) is -0.632. The number of amides is 1. The molecular weight excluding hydrogens is 250 g/mol. The summed E-state index contributed by atoms with van der Waals surface area (Å²) >= 11 is 0. The number of hydrogen-bond donors (Lipinski definition) is 1. The van der Waals surface area contributed by atoms with Gasteiger partial charge in [-0.1, -0.05) is 0 Å². The summed E-state index contributed by atoms with van der Waals surface area (Å²) < 4.78 is 10.1. The molecule has 2 bridgehead atoms. The van der Waals surface area contributed by atoms with Gasteiger partial charge in [-0.3, -0.25) is 4.79 Å². The normalized spacial score (nSPS) is 33.4. The summed E-state index contributed by atoms with van der Waals surface area (Å²) in [5.41, 5.74) is -0.593. The molecule has 6 heteroatoms. The SMILES string of the molecule is COC(=O)[C@@H]1[C@@H]2C[C@H](O)[C@H]1N(C(=O)OC(C)(C)C)C2. The Balaban J connectivity index is 2.13. The molecule has 1 saturated heterocycles. The van der Waals surface area contributed by atoms with E-state index in [0.717, 1.165) is 0 Å². The molecule has 1 amide bonds. The van der Waals surface area contributed by atoms with E-state index in [1.165, 1.54) is 12.0 Å². The van der Waals surface area contributed by atoms with E-state index in [9.17, 15) is 14.7 Å². The maximum Gasteiger partial charge on any atom is 0.410 e. The van der Waals surface area contributed by atoms with Crippen molar-refractivity contribution in [3.63, 3.8) is 0 Å². The van der Waals surface area contributed by atoms with Crippen molar-refractivity contribution >= 4 is 12.1 Å². The zero-order valence-corrected chi connectivity index (χ0v) is 11.8. The van der Waals surface area contributed by atoms with E-state index in [-0.39, 0.29) is 11.9 Å². The molecule has 1 heterocycles. The molecule has 0 spiro atoms. The second-order valence-electron chi connectivity index (χ2n) is 6.24. The topological polar surface area (TPSA) is 76.1 Å². The monoisotopic (exact) mass is 271 g/mol. The summed E-state index contributed by atoms with van der Waals surface area (Å²) in [5.74, 6) is -0.843. The Labute approximate surface area is 112 Å². The van der Waals surface area contributed by atoms with Crippen LogP contribution in [-0.2, 0) is 14.3 Å². The van der Waals surface area contributed by atoms with Crippen molar-refractivity contribution in [2.45, 2.75) is 44.9 Å². The number of nitrogens with zero attached hydrogens (tertiary/aromatic N) is 1. The second-order valence-corrected chi connectivity index (χ2v) is 6.24. The lowest BCUT2D eigenvalue weighted by Crippen LogP contribution is -2.48. The van der Waals surface area contributed by atoms with Crippen molar-refractivity contribution in [3.8, 4) is 0 Å². The van der Waals surface area contributed by atoms with Crippen LogP contribution in [-0.4, -0.2) is 53.5 Å². The van der Waals surface area contributed by atoms with Crippen molar-refractivity contribution < 1.29 is 24.2 Å². The second kappa shape index (κ2) is 4.67. The number of aliphatic hydroxyl groups is 1. The van der Waals surface area contributed by atoms with E-state index in [0.29, 0.717) is 13.0 Å². The van der Waals surface area contributed by atoms with Gasteiger partial charge in [-0.05, 0) is 33.1 Å². The standard InChI is InChI=1S/C13H21NO5/c1-13(2,3)19-12(17)14-6-7-5-8(15)10(14)9(7)11(16)18-4/h7-10,15H,5-6H2,1-4H3/t7-,8+,9-,10-/m1/s1. The summed E-state index contributed by atoms with van der Waals surface area (Å²) in [4.78, 5) is 25.3. The molecule has 2 rings (SSSR count). The average molecular weight is 271 g/mol. The number of hydrogen-bond acceptors (Lipinski definition) is 5. The number of piperidine rings is 1. The summed E-state index contributed by atoms with van der Waals surface area (Å²) in [6, 6.07) is -0.521. The van der Waals surface area contributed by atoms with Crippen molar-refractivity contribution in [2.24, 2.45) is 11.8 Å². The summed E-state index contributed by atoms with van der Waals surface area (Å²) in [7, 11) is 1.32. The third-order valence-electron chi connectivity index (χ3n) is 3.71. The van der Waals surface area contributed by atoms with E-state index >= 15 is 0 Å². The number of methoxy groups -OCH3 is 1. The Morgan fingerprint density at radius 3 is 2.47 bits per heavy atom. The van der Waals surface area contributed by atoms with E-state index in [1.54, 1.807) is 20.8 Å². The van der Waals surface area contributed by atoms with Crippen LogP contribution in [0.1, 0.15) is 27.2 Å². The number of ether oxygens (including phenoxy) is 2. The third kappa shape index (κ3) is 2.54. The van der Waals surface area contributed by atoms with Gasteiger partial charge in [0.2, 0.25) is 0 Å². The number of carbonyl (C=O) groups excluding carboxylic acids is 2. The average Bonchev–Trinajstić information content (AvgIpc) is 2.79. The van der Waals surface area contributed by atoms with Crippen LogP contribution in [0, 0.1) is 11.8 Å². The first kappa shape index (κ1) is 14.1. The molecule has 2 aliphatic rings. The van der Waals surface area contributed by atoms with Gasteiger partial charge in [-0.2, -0.15) is 0 Å². The Hall–Kier alpha value is -1.30. The highest BCUT2D eigenvalue weighted by Crippen LogP contribution is 2.44. The first-order chi connectivity index (χ1) is 8.74. The van der Waals surface area contributed by atoms with Crippen molar-refractivity contribution in [1.82, 2.24) is 4.90 Å². The number of likely N-dealkylation sites (tertiary alicyclic amines) is 1. The molecule has 0 unspecified atom stereocenters. The van der Waals surface area contributed by atoms with Crippen molar-refractivity contribution in [1.29, 1.82) is 0 Å². The van der Waals surface area contributed by atoms with Crippen LogP contribution in [0.5, 0.6) is 0 Å². The summed E-state index contributed by atoms with van der Waals surface area (Å²) in [5, 5.41) is 9.99. The molecule has 1 aliphatic carbocycles. The minimum atomic E-state index is -0.685. The maximum absolute atomic E-state index is 12.1. The van der Waals surface area contributed by atoms with Gasteiger partial charge >= 0.3 is 12.1 Å². The van der Waals surface area contributed by atoms with Gasteiger partial charge in [0.25, 0.3) is 0 Å². The summed E-state index contributed by atoms with van der Waals surface area (Å²) in [6.45, 7) is 5.80. The highest BCUT2D eigenvalue weighted by atomic mass is 16.6. The van der Waals surface area contributed by atoms with Crippen LogP contribution in [0.15, 0.2) is 0 Å². The Kier molecular flexibility index (Phi) is 3.47. The first-order valence-corrected chi connectivity index (χ1v) is 6.50. The van der Waals surface area contributed by atoms with Crippen LogP contribution in [0.4, 0.5) is 4.79 Å². The fourth-order valence-corrected chi connectivity index (χ4v) is 3.06. The number of carbonyl (C=O) groups is 2. The molecule has 4 atom stereocenters. The molecule has 108 valence electrons. The molecule has 6 nitrogen and oxygen atoms in total. The van der Waals surface area contributed by atoms with Gasteiger partial charge in [0.1, 0.15) is 5.60 Å². The number of esters is 1. The minimum Gasteiger partial charge on any atom is -0.469 e. The van der Waals surface area contributed by atoms with Gasteiger partial charge in [0.15, 0.2) is 0 Å². The number of aliphatic hydroxyl groups excluding tert-OH is 1. The fraction of sp³-hybridized carbons (Fsp3) is 0.846. The van der Waals surface area contributed by atoms with Gasteiger partial charge in [0.05, 0.1) is 25.2 Å². The van der Waals surface area contributed by atoms with Crippen LogP contribution in [0.2, 0.25) is 0 Å². The van der Waals surface area contributed by atoms with Crippen LogP contribution >= 0.6 is 0 Å². The molecule has 19 heavy (non-hydrogen) atoms. The lowest BCUT2D eigenvalue weighted by Gasteiger charge is -2.32. The predicted molar refractivity (Wildman–Crippen MR) is 66.3 cm³/mol. The van der Waals surface area contributed by atoms with Crippen LogP contribution in [0.25, 0.3) is 0 Å². The Morgan fingerprint density at radius 2 is 1.95 bits per heavy atom. The molecular formula is C13H21NO5. The van der Waals surface area contributed by atoms with Crippen molar-refractivity contribution in [3.05, 3.63) is 0 Å². The van der Waals surface area contributed by atoms with Crippen molar-refractivity contribution in [2.75, 3.05) is 13.7 Å². The lowest BCUT2D eigenvalue weighted by atomic mass is 9.99. The van der Waals surface area contributed by atoms with Gasteiger partial charge in [-0.15, -0.1) is 0 Å². The number of rotatable bonds is 1. The Bertz CT molecular complexity index is 389. The molecule has 2 fully saturated rings. The van der Waals surface area contributed by atoms with Gasteiger partial charge < -0.3 is 19.5 Å². The van der Waals surface area contributed by atoms with Crippen LogP contribution in [0.3, 0.4) is 0 Å². The van der Waals surface area contributed by atoms with E-state index in [1.807, 2.05) is 0 Å². The van der Waals surface area contributed by atoms with Gasteiger partial charge in [-0.25, -0.2) is 4.79 Å². The van der Waals surface area contributed by atoms with Crippen LogP contribution < -0.4 is 0 Å². The Morgan fingerprint density at radius 1 is 1.32 bits per heavy atom. The van der Waals surface area contributed by atoms with Gasteiger partial charge in [0, 0.05) is 6.54 Å². The molecule has 0 aromatic carbocycles. The lowest BCUT2D eigenvalue weighted by molar-refractivity contribution is -0.146. The molecule has 1 N–H and O–H groups in total. The zero-order chi connectivity index (χ0) is 14.4. The third-order valence-corrected chi connectivity index (χ3v) is 3.71. The maximum atomic E-state index is 12.1. The van der Waals surface area contributed by atoms with E-state index in [2.05, 4.69) is 0 Å². The first-order valence-electron chi connectivity index (χ1n) is 6.50. The van der Waals surface area contributed by atoms with E-state index in [4.69, 9.17) is 9.47 Å². The minimum absolute atomic E-state index is 0.0417. The molecule has 1 aliphatic heterocycles. The fourth-order valence-electron chi connectivity index (χ4n) is 3.06. The zero-order valence-electron chi connectivity index (χ0n) is 11.8. The van der Waals surface area contributed by atoms with E-state index < -0.39 is 29.8 Å². The highest BCUT2D eigenvalue weighted by molar-refractivity contribution is 5.78. The molecule has 0 radical (unpaired) electrons. The molecule has 0 aromatic rings. The molecule has 0 aromatic heterocycles. The smallest absolute Gasteiger partial charge is 0.410 e. The highest BCUT2D eigenvalue weighted by Gasteiger charge is 2.58. The quantitative estimate of drug-likeness (QED) is 0.713. The number of fused-ring (bicyclic) bond motifs is 2. The molecule has 1 saturated carbocycles.